The van der Waals surface area contributed by atoms with Crippen LogP contribution in [0.4, 0.5) is 0 Å². The second kappa shape index (κ2) is 15.8. The zero-order valence-corrected chi connectivity index (χ0v) is 26.5. The highest BCUT2D eigenvalue weighted by Crippen LogP contribution is 2.44. The molecule has 0 aromatic heterocycles. The molecule has 1 saturated carbocycles. The number of amides is 1. The molecular weight excluding hydrogens is 574 g/mol. The van der Waals surface area contributed by atoms with E-state index in [4.69, 9.17) is 29.8 Å². The monoisotopic (exact) mass is 619 g/mol. The van der Waals surface area contributed by atoms with E-state index in [1.165, 1.54) is 6.42 Å². The van der Waals surface area contributed by atoms with E-state index < -0.39 is 23.2 Å². The van der Waals surface area contributed by atoms with Crippen molar-refractivity contribution < 1.29 is 28.9 Å². The third-order valence-electron chi connectivity index (χ3n) is 8.08. The van der Waals surface area contributed by atoms with Crippen molar-refractivity contribution in [2.24, 2.45) is 16.0 Å². The van der Waals surface area contributed by atoms with Crippen LogP contribution in [0.25, 0.3) is 10.4 Å². The second-order valence-electron chi connectivity index (χ2n) is 12.7. The molecule has 1 heterocycles. The van der Waals surface area contributed by atoms with Crippen molar-refractivity contribution in [1.29, 1.82) is 0 Å². The van der Waals surface area contributed by atoms with Gasteiger partial charge < -0.3 is 24.6 Å². The fourth-order valence-corrected chi connectivity index (χ4v) is 5.86. The number of aliphatic imine (C=N–C) groups is 1. The molecule has 2 N–H and O–H groups in total. The topological polar surface area (TPSA) is 155 Å². The summed E-state index contributed by atoms with van der Waals surface area (Å²) < 4.78 is 17.9. The van der Waals surface area contributed by atoms with Gasteiger partial charge in [0.25, 0.3) is 5.91 Å². The van der Waals surface area contributed by atoms with Crippen LogP contribution in [-0.2, 0) is 25.6 Å². The molecule has 4 rings (SSSR count). The van der Waals surface area contributed by atoms with Gasteiger partial charge in [-0.2, -0.15) is 0 Å². The van der Waals surface area contributed by atoms with Crippen LogP contribution in [0, 0.1) is 5.92 Å². The summed E-state index contributed by atoms with van der Waals surface area (Å²) in [5, 5.41) is 16.0. The minimum absolute atomic E-state index is 0.0411. The van der Waals surface area contributed by atoms with Crippen LogP contribution in [0.3, 0.4) is 0 Å². The van der Waals surface area contributed by atoms with Crippen LogP contribution in [0.5, 0.6) is 5.75 Å². The van der Waals surface area contributed by atoms with E-state index in [0.717, 1.165) is 25.7 Å². The first-order valence-corrected chi connectivity index (χ1v) is 15.8. The number of azide groups is 1. The third-order valence-corrected chi connectivity index (χ3v) is 8.08. The molecule has 0 radical (unpaired) electrons. The number of nitrogens with zero attached hydrogens (tertiary/aromatic N) is 4. The van der Waals surface area contributed by atoms with Crippen LogP contribution >= 0.6 is 0 Å². The van der Waals surface area contributed by atoms with Gasteiger partial charge in [-0.25, -0.2) is 4.99 Å². The summed E-state index contributed by atoms with van der Waals surface area (Å²) in [6, 6.07) is 14.5. The Hall–Kier alpha value is -4.08. The number of carbonyl (C=O) groups excluding carboxylic acids is 2. The number of carbonyl (C=O) groups is 2. The van der Waals surface area contributed by atoms with E-state index in [0.29, 0.717) is 47.9 Å². The normalized spacial score (nSPS) is 20.0. The maximum Gasteiger partial charge on any atom is 0.306 e. The SMILES string of the molecule is CC(C)(C)OC(=O)CC[C@@]1(C(=O)NCC2CCCCC2)N=C(c2ccc(OCCCO)cc2)O[C@@H]1c1ccccc1CN=[N+]=[N-]. The first-order chi connectivity index (χ1) is 21.6. The summed E-state index contributed by atoms with van der Waals surface area (Å²) in [4.78, 5) is 35.4. The standard InChI is InChI=1S/C34H45N5O6/c1-33(2,3)45-29(41)18-19-34(32(42)36-22-24-10-5-4-6-11-24)30(28-13-8-7-12-26(28)23-37-39-35)44-31(38-34)25-14-16-27(17-15-25)43-21-9-20-40/h7-8,12-17,24,30,40H,4-6,9-11,18-23H2,1-3H3,(H,36,42)/t30-,34-/m1/s1. The molecule has 1 aliphatic heterocycles. The van der Waals surface area contributed by atoms with Gasteiger partial charge in [0.2, 0.25) is 5.90 Å². The fourth-order valence-electron chi connectivity index (χ4n) is 5.86. The van der Waals surface area contributed by atoms with Gasteiger partial charge in [0.05, 0.1) is 13.2 Å². The van der Waals surface area contributed by atoms with Crippen LogP contribution < -0.4 is 10.1 Å². The lowest BCUT2D eigenvalue weighted by molar-refractivity contribution is -0.155. The lowest BCUT2D eigenvalue weighted by Crippen LogP contribution is -2.50. The highest BCUT2D eigenvalue weighted by molar-refractivity contribution is 6.01. The Morgan fingerprint density at radius 2 is 1.87 bits per heavy atom. The molecule has 1 fully saturated rings. The first-order valence-electron chi connectivity index (χ1n) is 15.8. The molecule has 2 aromatic rings. The van der Waals surface area contributed by atoms with E-state index in [-0.39, 0.29) is 37.8 Å². The van der Waals surface area contributed by atoms with Gasteiger partial charge in [-0.15, -0.1) is 0 Å². The largest absolute Gasteiger partial charge is 0.494 e. The maximum absolute atomic E-state index is 14.4. The summed E-state index contributed by atoms with van der Waals surface area (Å²) in [5.74, 6) is 0.515. The summed E-state index contributed by atoms with van der Waals surface area (Å²) in [7, 11) is 0. The molecule has 45 heavy (non-hydrogen) atoms. The number of rotatable bonds is 14. The molecule has 2 aliphatic rings. The number of nitrogens with one attached hydrogen (secondary N) is 1. The molecule has 0 saturated heterocycles. The summed E-state index contributed by atoms with van der Waals surface area (Å²) in [5.41, 5.74) is 8.87. The van der Waals surface area contributed by atoms with Gasteiger partial charge in [-0.05, 0) is 86.9 Å². The van der Waals surface area contributed by atoms with Gasteiger partial charge in [0.1, 0.15) is 11.4 Å². The summed E-state index contributed by atoms with van der Waals surface area (Å²) in [6.07, 6.45) is 5.22. The van der Waals surface area contributed by atoms with Crippen molar-refractivity contribution in [2.75, 3.05) is 19.8 Å². The number of aliphatic hydroxyl groups is 1. The number of ether oxygens (including phenoxy) is 3. The Balaban J connectivity index is 1.74. The maximum atomic E-state index is 14.4. The molecule has 2 aromatic carbocycles. The highest BCUT2D eigenvalue weighted by atomic mass is 16.6. The van der Waals surface area contributed by atoms with Crippen molar-refractivity contribution in [2.45, 2.75) is 95.9 Å². The molecule has 11 heteroatoms. The Morgan fingerprint density at radius 1 is 1.13 bits per heavy atom. The Morgan fingerprint density at radius 3 is 2.56 bits per heavy atom. The molecule has 1 aliphatic carbocycles. The number of benzene rings is 2. The second-order valence-corrected chi connectivity index (χ2v) is 12.7. The third kappa shape index (κ3) is 9.22. The van der Waals surface area contributed by atoms with Crippen molar-refractivity contribution >= 4 is 17.8 Å². The number of hydrogen-bond donors (Lipinski definition) is 2. The van der Waals surface area contributed by atoms with E-state index in [2.05, 4.69) is 15.3 Å². The Kier molecular flexibility index (Phi) is 11.8. The van der Waals surface area contributed by atoms with Crippen molar-refractivity contribution in [1.82, 2.24) is 5.32 Å². The van der Waals surface area contributed by atoms with E-state index in [1.807, 2.05) is 24.3 Å². The fraction of sp³-hybridized carbons (Fsp3) is 0.559. The molecule has 0 bridgehead atoms. The van der Waals surface area contributed by atoms with Gasteiger partial charge in [-0.1, -0.05) is 48.6 Å². The Labute approximate surface area is 265 Å². The van der Waals surface area contributed by atoms with E-state index in [1.54, 1.807) is 45.0 Å². The average molecular weight is 620 g/mol. The van der Waals surface area contributed by atoms with Gasteiger partial charge >= 0.3 is 5.97 Å². The van der Waals surface area contributed by atoms with Crippen LogP contribution in [0.15, 0.2) is 58.6 Å². The zero-order valence-electron chi connectivity index (χ0n) is 26.5. The average Bonchev–Trinajstić information content (AvgIpc) is 3.42. The van der Waals surface area contributed by atoms with Gasteiger partial charge in [0, 0.05) is 36.5 Å². The molecule has 11 nitrogen and oxygen atoms in total. The molecule has 0 unspecified atom stereocenters. The van der Waals surface area contributed by atoms with Crippen molar-refractivity contribution in [3.63, 3.8) is 0 Å². The van der Waals surface area contributed by atoms with Crippen molar-refractivity contribution in [3.8, 4) is 5.75 Å². The van der Waals surface area contributed by atoms with Gasteiger partial charge in [0.15, 0.2) is 11.6 Å². The molecular formula is C34H45N5O6. The lowest BCUT2D eigenvalue weighted by Gasteiger charge is -2.32. The van der Waals surface area contributed by atoms with Crippen molar-refractivity contribution in [3.05, 3.63) is 75.7 Å². The molecule has 242 valence electrons. The van der Waals surface area contributed by atoms with Crippen LogP contribution in [0.2, 0.25) is 0 Å². The van der Waals surface area contributed by atoms with Crippen LogP contribution in [0.1, 0.15) is 94.9 Å². The highest BCUT2D eigenvalue weighted by Gasteiger charge is 2.54. The predicted molar refractivity (Wildman–Crippen MR) is 171 cm³/mol. The molecule has 2 atom stereocenters. The number of esters is 1. The lowest BCUT2D eigenvalue weighted by atomic mass is 9.81. The van der Waals surface area contributed by atoms with Gasteiger partial charge in [-0.3, -0.25) is 9.59 Å². The first kappa shape index (κ1) is 33.8. The molecule has 0 spiro atoms. The summed E-state index contributed by atoms with van der Waals surface area (Å²) in [6.45, 7) is 6.42. The zero-order chi connectivity index (χ0) is 32.3. The smallest absolute Gasteiger partial charge is 0.306 e. The predicted octanol–water partition coefficient (Wildman–Crippen LogP) is 6.33. The minimum atomic E-state index is -1.50. The number of aliphatic hydroxyl groups excluding tert-OH is 1. The number of hydrogen-bond acceptors (Lipinski definition) is 8. The molecule has 1 amide bonds. The van der Waals surface area contributed by atoms with E-state index >= 15 is 0 Å². The minimum Gasteiger partial charge on any atom is -0.494 e. The summed E-state index contributed by atoms with van der Waals surface area (Å²) >= 11 is 0. The van der Waals surface area contributed by atoms with Crippen LogP contribution in [-0.4, -0.2) is 53.8 Å². The van der Waals surface area contributed by atoms with E-state index in [9.17, 15) is 9.59 Å². The quantitative estimate of drug-likeness (QED) is 0.0827. The Bertz CT molecular complexity index is 1380.